The molecule has 2 N–H and O–H groups in total. The lowest BCUT2D eigenvalue weighted by Crippen LogP contribution is -2.03. The molecule has 2 aromatic rings. The Morgan fingerprint density at radius 3 is 2.27 bits per heavy atom. The van der Waals surface area contributed by atoms with Crippen molar-refractivity contribution in [2.75, 3.05) is 13.5 Å². The van der Waals surface area contributed by atoms with Crippen LogP contribution in [0, 0.1) is 13.8 Å². The maximum Gasteiger partial charge on any atom is 0.364 e. The van der Waals surface area contributed by atoms with E-state index in [1.165, 1.54) is 12.7 Å². The van der Waals surface area contributed by atoms with Crippen LogP contribution in [0.5, 0.6) is 11.5 Å². The molecule has 0 aliphatic heterocycles. The van der Waals surface area contributed by atoms with Crippen molar-refractivity contribution in [3.8, 4) is 11.5 Å². The first-order valence-corrected chi connectivity index (χ1v) is 10.3. The molecule has 0 radical (unpaired) electrons. The molecule has 0 aliphatic rings. The van der Waals surface area contributed by atoms with Crippen molar-refractivity contribution in [2.45, 2.75) is 40.0 Å². The third-order valence-electron chi connectivity index (χ3n) is 4.44. The van der Waals surface area contributed by atoms with Crippen LogP contribution in [0.25, 0.3) is 0 Å². The molecule has 0 saturated carbocycles. The zero-order valence-corrected chi connectivity index (χ0v) is 16.8. The number of rotatable bonds is 7. The molecule has 5 nitrogen and oxygen atoms in total. The van der Waals surface area contributed by atoms with Gasteiger partial charge in [-0.25, -0.2) is 0 Å². The van der Waals surface area contributed by atoms with Gasteiger partial charge in [0, 0.05) is 7.11 Å². The maximum atomic E-state index is 11.5. The highest BCUT2D eigenvalue weighted by Crippen LogP contribution is 2.41. The lowest BCUT2D eigenvalue weighted by atomic mass is 9.93. The molecule has 0 aliphatic carbocycles. The molecule has 0 bridgehead atoms. The van der Waals surface area contributed by atoms with Crippen LogP contribution in [0.1, 0.15) is 47.6 Å². The zero-order valence-electron chi connectivity index (χ0n) is 15.9. The monoisotopic (exact) mass is 378 g/mol. The van der Waals surface area contributed by atoms with Gasteiger partial charge in [-0.15, -0.1) is 0 Å². The summed E-state index contributed by atoms with van der Waals surface area (Å²) in [5.41, 5.74) is 5.34. The van der Waals surface area contributed by atoms with E-state index < -0.39 is 7.60 Å². The van der Waals surface area contributed by atoms with Gasteiger partial charge in [-0.2, -0.15) is 0 Å². The number of phenolic OH excluding ortho intramolecular Hbond substituents is 1. The molecule has 0 spiro atoms. The summed E-state index contributed by atoms with van der Waals surface area (Å²) in [6.45, 7) is 8.10. The van der Waals surface area contributed by atoms with Crippen molar-refractivity contribution in [1.82, 2.24) is 0 Å². The Kier molecular flexibility index (Phi) is 6.51. The predicted octanol–water partition coefficient (Wildman–Crippen LogP) is 4.89. The molecule has 0 amide bonds. The van der Waals surface area contributed by atoms with Crippen molar-refractivity contribution >= 4 is 7.60 Å². The fraction of sp³-hybridized carbons (Fsp3) is 0.400. The Hall–Kier alpha value is -1.81. The number of aryl methyl sites for hydroxylation is 2. The van der Waals surface area contributed by atoms with Crippen LogP contribution in [0.15, 0.2) is 30.3 Å². The Balaban J connectivity index is 2.23. The smallest absolute Gasteiger partial charge is 0.364 e. The average Bonchev–Trinajstić information content (AvgIpc) is 2.57. The van der Waals surface area contributed by atoms with Gasteiger partial charge in [0.25, 0.3) is 0 Å². The van der Waals surface area contributed by atoms with E-state index in [2.05, 4.69) is 18.4 Å². The summed E-state index contributed by atoms with van der Waals surface area (Å²) in [4.78, 5) is 9.45. The quantitative estimate of drug-likeness (QED) is 0.671. The Morgan fingerprint density at radius 2 is 1.73 bits per heavy atom. The van der Waals surface area contributed by atoms with Crippen LogP contribution < -0.4 is 4.74 Å². The number of hydrogen-bond donors (Lipinski definition) is 2. The molecule has 2 rings (SSSR count). The molecule has 0 saturated heterocycles. The SMILES string of the molecule is COP(=O)(O)COc1cc(C)c(Cc2ccc(O)c(C(C)C)c2)c(C)c1. The van der Waals surface area contributed by atoms with Crippen molar-refractivity contribution in [3.63, 3.8) is 0 Å². The van der Waals surface area contributed by atoms with Crippen molar-refractivity contribution in [1.29, 1.82) is 0 Å². The molecular formula is C20H27O5P. The lowest BCUT2D eigenvalue weighted by molar-refractivity contribution is 0.268. The Labute approximate surface area is 155 Å². The topological polar surface area (TPSA) is 76.0 Å². The van der Waals surface area contributed by atoms with E-state index in [9.17, 15) is 14.6 Å². The second kappa shape index (κ2) is 8.26. The molecule has 142 valence electrons. The molecule has 0 fully saturated rings. The maximum absolute atomic E-state index is 11.5. The van der Waals surface area contributed by atoms with Gasteiger partial charge in [0.05, 0.1) is 0 Å². The summed E-state index contributed by atoms with van der Waals surface area (Å²) in [5.74, 6) is 1.12. The van der Waals surface area contributed by atoms with Crippen LogP contribution in [-0.4, -0.2) is 23.5 Å². The van der Waals surface area contributed by atoms with E-state index in [1.54, 1.807) is 6.07 Å². The van der Waals surface area contributed by atoms with Gasteiger partial charge in [-0.1, -0.05) is 26.0 Å². The summed E-state index contributed by atoms with van der Waals surface area (Å²) in [7, 11) is -2.51. The van der Waals surface area contributed by atoms with Crippen molar-refractivity contribution in [3.05, 3.63) is 58.1 Å². The molecular weight excluding hydrogens is 351 g/mol. The van der Waals surface area contributed by atoms with Crippen LogP contribution in [-0.2, 0) is 15.5 Å². The van der Waals surface area contributed by atoms with Gasteiger partial charge in [-0.05, 0) is 72.2 Å². The predicted molar refractivity (Wildman–Crippen MR) is 103 cm³/mol. The highest BCUT2D eigenvalue weighted by molar-refractivity contribution is 7.52. The number of benzene rings is 2. The van der Waals surface area contributed by atoms with E-state index >= 15 is 0 Å². The van der Waals surface area contributed by atoms with Gasteiger partial charge < -0.3 is 19.3 Å². The summed E-state index contributed by atoms with van der Waals surface area (Å²) < 4.78 is 21.5. The number of ether oxygens (including phenoxy) is 1. The van der Waals surface area contributed by atoms with Crippen LogP contribution in [0.2, 0.25) is 0 Å². The normalized spacial score (nSPS) is 13.7. The molecule has 6 heteroatoms. The van der Waals surface area contributed by atoms with Crippen molar-refractivity contribution < 1.29 is 23.8 Å². The lowest BCUT2D eigenvalue weighted by Gasteiger charge is -2.16. The zero-order chi connectivity index (χ0) is 19.5. The summed E-state index contributed by atoms with van der Waals surface area (Å²) in [6.07, 6.45) is 0.367. The number of aromatic hydroxyl groups is 1. The Morgan fingerprint density at radius 1 is 1.12 bits per heavy atom. The van der Waals surface area contributed by atoms with E-state index in [4.69, 9.17) is 4.74 Å². The number of phenols is 1. The summed E-state index contributed by atoms with van der Waals surface area (Å²) >= 11 is 0. The van der Waals surface area contributed by atoms with Gasteiger partial charge in [0.2, 0.25) is 0 Å². The minimum absolute atomic E-state index is 0.253. The van der Waals surface area contributed by atoms with E-state index in [0.717, 1.165) is 28.7 Å². The molecule has 0 aromatic heterocycles. The summed E-state index contributed by atoms with van der Waals surface area (Å²) in [6, 6.07) is 9.45. The highest BCUT2D eigenvalue weighted by atomic mass is 31.2. The largest absolute Gasteiger partial charge is 0.508 e. The van der Waals surface area contributed by atoms with E-state index in [1.807, 2.05) is 38.1 Å². The van der Waals surface area contributed by atoms with E-state index in [-0.39, 0.29) is 12.3 Å². The van der Waals surface area contributed by atoms with Crippen LogP contribution in [0.4, 0.5) is 0 Å². The second-order valence-corrected chi connectivity index (χ2v) is 8.75. The third-order valence-corrected chi connectivity index (χ3v) is 5.47. The fourth-order valence-electron chi connectivity index (χ4n) is 2.91. The van der Waals surface area contributed by atoms with Crippen molar-refractivity contribution in [2.24, 2.45) is 0 Å². The van der Waals surface area contributed by atoms with E-state index in [0.29, 0.717) is 11.5 Å². The number of hydrogen-bond acceptors (Lipinski definition) is 4. The fourth-order valence-corrected chi connectivity index (χ4v) is 3.32. The van der Waals surface area contributed by atoms with Gasteiger partial charge in [0.15, 0.2) is 6.35 Å². The highest BCUT2D eigenvalue weighted by Gasteiger charge is 2.18. The minimum atomic E-state index is -3.70. The standard InChI is InChI=1S/C20H27O5P/c1-13(2)18-10-16(6-7-20(18)21)11-19-14(3)8-17(9-15(19)4)25-12-26(22,23)24-5/h6-10,13,21H,11-12H2,1-5H3,(H,22,23). The van der Waals surface area contributed by atoms with Gasteiger partial charge in [-0.3, -0.25) is 4.57 Å². The van der Waals surface area contributed by atoms with Gasteiger partial charge in [0.1, 0.15) is 11.5 Å². The Bertz CT molecular complexity index is 806. The molecule has 1 atom stereocenters. The molecule has 26 heavy (non-hydrogen) atoms. The molecule has 1 unspecified atom stereocenters. The summed E-state index contributed by atoms with van der Waals surface area (Å²) in [5, 5.41) is 9.99. The van der Waals surface area contributed by atoms with Gasteiger partial charge >= 0.3 is 7.60 Å². The third kappa shape index (κ3) is 5.10. The molecule has 2 aromatic carbocycles. The van der Waals surface area contributed by atoms with Crippen LogP contribution in [0.3, 0.4) is 0 Å². The first kappa shape index (κ1) is 20.5. The first-order chi connectivity index (χ1) is 12.1. The average molecular weight is 378 g/mol. The second-order valence-electron chi connectivity index (χ2n) is 6.85. The van der Waals surface area contributed by atoms with Crippen LogP contribution >= 0.6 is 7.60 Å². The first-order valence-electron chi connectivity index (χ1n) is 8.55. The minimum Gasteiger partial charge on any atom is -0.508 e. The molecule has 0 heterocycles.